The van der Waals surface area contributed by atoms with Crippen LogP contribution in [0, 0.1) is 11.3 Å². The smallest absolute Gasteiger partial charge is 0.223 e. The number of hydrogen-bond donors (Lipinski definition) is 1. The molecule has 12 heavy (non-hydrogen) atoms. The maximum absolute atomic E-state index is 11.4. The Balaban J connectivity index is 1.76. The van der Waals surface area contributed by atoms with Gasteiger partial charge in [0, 0.05) is 12.0 Å². The Hall–Kier alpha value is -0.530. The fraction of sp³-hybridized carbons (Fsp3) is 0.900. The minimum Gasteiger partial charge on any atom is -0.354 e. The van der Waals surface area contributed by atoms with Gasteiger partial charge in [0.1, 0.15) is 0 Å². The highest BCUT2D eigenvalue weighted by molar-refractivity contribution is 5.80. The van der Waals surface area contributed by atoms with Crippen molar-refractivity contribution in [2.24, 2.45) is 11.3 Å². The van der Waals surface area contributed by atoms with Gasteiger partial charge in [0.05, 0.1) is 0 Å². The van der Waals surface area contributed by atoms with Crippen LogP contribution in [-0.4, -0.2) is 11.9 Å². The maximum Gasteiger partial charge on any atom is 0.223 e. The van der Waals surface area contributed by atoms with Crippen molar-refractivity contribution in [1.82, 2.24) is 5.32 Å². The number of carbonyl (C=O) groups excluding carboxylic acids is 1. The molecule has 0 bridgehead atoms. The highest BCUT2D eigenvalue weighted by atomic mass is 16.2. The lowest BCUT2D eigenvalue weighted by Crippen LogP contribution is -2.42. The third-order valence-electron chi connectivity index (χ3n) is 3.12. The molecule has 2 rings (SSSR count). The molecule has 2 aliphatic rings. The summed E-state index contributed by atoms with van der Waals surface area (Å²) in [5.74, 6) is 0.623. The van der Waals surface area contributed by atoms with Crippen molar-refractivity contribution >= 4 is 5.91 Å². The molecule has 2 saturated carbocycles. The molecule has 68 valence electrons. The number of nitrogens with one attached hydrogen (secondary N) is 1. The van der Waals surface area contributed by atoms with Crippen molar-refractivity contribution in [3.63, 3.8) is 0 Å². The van der Waals surface area contributed by atoms with Crippen LogP contribution >= 0.6 is 0 Å². The van der Waals surface area contributed by atoms with E-state index in [0.717, 1.165) is 12.8 Å². The molecule has 1 spiro atoms. The molecule has 0 aromatic carbocycles. The Bertz CT molecular complexity index is 198. The molecule has 0 aliphatic heterocycles. The lowest BCUT2D eigenvalue weighted by molar-refractivity contribution is -0.130. The molecule has 1 N–H and O–H groups in total. The summed E-state index contributed by atoms with van der Waals surface area (Å²) >= 11 is 0. The Morgan fingerprint density at radius 1 is 1.42 bits per heavy atom. The molecule has 2 aliphatic carbocycles. The SMILES string of the molecule is CC(C)NC(=O)C1CC2(CC2)C1. The number of rotatable bonds is 2. The van der Waals surface area contributed by atoms with Crippen LogP contribution in [0.4, 0.5) is 0 Å². The van der Waals surface area contributed by atoms with E-state index in [1.54, 1.807) is 0 Å². The number of hydrogen-bond acceptors (Lipinski definition) is 1. The predicted octanol–water partition coefficient (Wildman–Crippen LogP) is 1.70. The van der Waals surface area contributed by atoms with Crippen LogP contribution in [0.3, 0.4) is 0 Å². The second-order valence-electron chi connectivity index (χ2n) is 4.77. The van der Waals surface area contributed by atoms with Gasteiger partial charge in [-0.15, -0.1) is 0 Å². The molecule has 0 aromatic rings. The molecule has 1 amide bonds. The van der Waals surface area contributed by atoms with Crippen LogP contribution in [0.15, 0.2) is 0 Å². The molecule has 2 heteroatoms. The van der Waals surface area contributed by atoms with E-state index in [-0.39, 0.29) is 5.91 Å². The third kappa shape index (κ3) is 1.35. The Labute approximate surface area is 73.7 Å². The lowest BCUT2D eigenvalue weighted by atomic mass is 9.71. The summed E-state index contributed by atoms with van der Waals surface area (Å²) in [6.45, 7) is 4.03. The highest BCUT2D eigenvalue weighted by Gasteiger charge is 2.54. The Kier molecular flexibility index (Phi) is 1.67. The molecule has 0 aromatic heterocycles. The lowest BCUT2D eigenvalue weighted by Gasteiger charge is -2.35. The quantitative estimate of drug-likeness (QED) is 0.666. The van der Waals surface area contributed by atoms with E-state index >= 15 is 0 Å². The van der Waals surface area contributed by atoms with Gasteiger partial charge in [0.15, 0.2) is 0 Å². The molecule has 0 saturated heterocycles. The zero-order valence-corrected chi connectivity index (χ0v) is 7.89. The first-order valence-electron chi connectivity index (χ1n) is 4.92. The summed E-state index contributed by atoms with van der Waals surface area (Å²) in [7, 11) is 0. The van der Waals surface area contributed by atoms with E-state index in [9.17, 15) is 4.79 Å². The van der Waals surface area contributed by atoms with Crippen molar-refractivity contribution in [1.29, 1.82) is 0 Å². The second-order valence-corrected chi connectivity index (χ2v) is 4.77. The van der Waals surface area contributed by atoms with Gasteiger partial charge in [0.25, 0.3) is 0 Å². The average Bonchev–Trinajstić information content (AvgIpc) is 2.59. The zero-order chi connectivity index (χ0) is 8.77. The van der Waals surface area contributed by atoms with Gasteiger partial charge in [-0.25, -0.2) is 0 Å². The molecule has 0 heterocycles. The minimum absolute atomic E-state index is 0.280. The van der Waals surface area contributed by atoms with Crippen LogP contribution in [0.25, 0.3) is 0 Å². The van der Waals surface area contributed by atoms with Crippen LogP contribution in [0.1, 0.15) is 39.5 Å². The summed E-state index contributed by atoms with van der Waals surface area (Å²) in [4.78, 5) is 11.4. The highest BCUT2D eigenvalue weighted by Crippen LogP contribution is 2.63. The van der Waals surface area contributed by atoms with Crippen LogP contribution < -0.4 is 5.32 Å². The predicted molar refractivity (Wildman–Crippen MR) is 47.7 cm³/mol. The summed E-state index contributed by atoms with van der Waals surface area (Å²) in [5, 5.41) is 2.97. The molecular weight excluding hydrogens is 150 g/mol. The summed E-state index contributed by atoms with van der Waals surface area (Å²) in [6, 6.07) is 0.299. The van der Waals surface area contributed by atoms with E-state index in [0.29, 0.717) is 17.4 Å². The summed E-state index contributed by atoms with van der Waals surface area (Å²) < 4.78 is 0. The van der Waals surface area contributed by atoms with E-state index < -0.39 is 0 Å². The van der Waals surface area contributed by atoms with E-state index in [1.807, 2.05) is 13.8 Å². The largest absolute Gasteiger partial charge is 0.354 e. The molecule has 0 unspecified atom stereocenters. The zero-order valence-electron chi connectivity index (χ0n) is 7.89. The first-order chi connectivity index (χ1) is 5.61. The monoisotopic (exact) mass is 167 g/mol. The standard InChI is InChI=1S/C10H17NO/c1-7(2)11-9(12)8-5-10(6-8)3-4-10/h7-8H,3-6H2,1-2H3,(H,11,12). The van der Waals surface area contributed by atoms with Crippen LogP contribution in [0.5, 0.6) is 0 Å². The van der Waals surface area contributed by atoms with Gasteiger partial charge >= 0.3 is 0 Å². The first kappa shape index (κ1) is 8.09. The van der Waals surface area contributed by atoms with Crippen molar-refractivity contribution in [2.45, 2.75) is 45.6 Å². The van der Waals surface area contributed by atoms with Crippen molar-refractivity contribution in [2.75, 3.05) is 0 Å². The fourth-order valence-corrected chi connectivity index (χ4v) is 2.16. The van der Waals surface area contributed by atoms with Gasteiger partial charge < -0.3 is 5.32 Å². The minimum atomic E-state index is 0.280. The average molecular weight is 167 g/mol. The van der Waals surface area contributed by atoms with Gasteiger partial charge in [-0.1, -0.05) is 0 Å². The Morgan fingerprint density at radius 2 is 2.00 bits per heavy atom. The summed E-state index contributed by atoms with van der Waals surface area (Å²) in [5.41, 5.74) is 0.652. The van der Waals surface area contributed by atoms with E-state index in [1.165, 1.54) is 12.8 Å². The van der Waals surface area contributed by atoms with Crippen LogP contribution in [0.2, 0.25) is 0 Å². The fourth-order valence-electron chi connectivity index (χ4n) is 2.16. The van der Waals surface area contributed by atoms with Gasteiger partial charge in [-0.3, -0.25) is 4.79 Å². The molecular formula is C10H17NO. The maximum atomic E-state index is 11.4. The topological polar surface area (TPSA) is 29.1 Å². The van der Waals surface area contributed by atoms with Crippen molar-refractivity contribution in [3.05, 3.63) is 0 Å². The molecule has 2 fully saturated rings. The number of amides is 1. The first-order valence-corrected chi connectivity index (χ1v) is 4.92. The number of carbonyl (C=O) groups is 1. The van der Waals surface area contributed by atoms with Crippen molar-refractivity contribution in [3.8, 4) is 0 Å². The molecule has 0 radical (unpaired) electrons. The summed E-state index contributed by atoms with van der Waals surface area (Å²) in [6.07, 6.45) is 5.06. The van der Waals surface area contributed by atoms with Crippen LogP contribution in [-0.2, 0) is 4.79 Å². The second kappa shape index (κ2) is 2.48. The van der Waals surface area contributed by atoms with Gasteiger partial charge in [-0.05, 0) is 44.9 Å². The normalized spacial score (nSPS) is 25.6. The van der Waals surface area contributed by atoms with Crippen molar-refractivity contribution < 1.29 is 4.79 Å². The molecule has 2 nitrogen and oxygen atoms in total. The van der Waals surface area contributed by atoms with E-state index in [2.05, 4.69) is 5.32 Å². The van der Waals surface area contributed by atoms with Gasteiger partial charge in [-0.2, -0.15) is 0 Å². The third-order valence-corrected chi connectivity index (χ3v) is 3.12. The van der Waals surface area contributed by atoms with Gasteiger partial charge in [0.2, 0.25) is 5.91 Å². The molecule has 0 atom stereocenters. The van der Waals surface area contributed by atoms with E-state index in [4.69, 9.17) is 0 Å². The Morgan fingerprint density at radius 3 is 2.42 bits per heavy atom.